The summed E-state index contributed by atoms with van der Waals surface area (Å²) in [7, 11) is 0. The van der Waals surface area contributed by atoms with Crippen LogP contribution < -0.4 is 0 Å². The Balaban J connectivity index is 2.40. The van der Waals surface area contributed by atoms with Gasteiger partial charge in [0, 0.05) is 24.9 Å². The quantitative estimate of drug-likeness (QED) is 0.791. The minimum atomic E-state index is -0.199. The largest absolute Gasteiger partial charge is 0.299 e. The second kappa shape index (κ2) is 5.75. The van der Waals surface area contributed by atoms with E-state index in [1.165, 1.54) is 30.2 Å². The van der Waals surface area contributed by atoms with E-state index in [2.05, 4.69) is 15.2 Å². The van der Waals surface area contributed by atoms with E-state index in [0.29, 0.717) is 16.5 Å². The number of carbonyl (C=O) groups is 2. The first-order chi connectivity index (χ1) is 9.09. The smallest absolute Gasteiger partial charge is 0.231 e. The molecule has 0 aromatic carbocycles. The third-order valence-corrected chi connectivity index (χ3v) is 3.35. The molecule has 0 fully saturated rings. The van der Waals surface area contributed by atoms with Crippen molar-refractivity contribution in [2.24, 2.45) is 0 Å². The predicted molar refractivity (Wildman–Crippen MR) is 71.0 cm³/mol. The highest BCUT2D eigenvalue weighted by Gasteiger charge is 2.17. The number of rotatable bonds is 4. The topological polar surface area (TPSA) is 77.7 Å². The van der Waals surface area contributed by atoms with E-state index in [-0.39, 0.29) is 17.4 Å². The van der Waals surface area contributed by atoms with Crippen molar-refractivity contribution < 1.29 is 9.59 Å². The maximum atomic E-state index is 11.7. The molecule has 98 valence electrons. The van der Waals surface area contributed by atoms with Crippen LogP contribution in [0.4, 0.5) is 0 Å². The molecule has 0 spiro atoms. The van der Waals surface area contributed by atoms with Crippen LogP contribution >= 0.6 is 11.8 Å². The van der Waals surface area contributed by atoms with Gasteiger partial charge in [-0.3, -0.25) is 14.6 Å². The van der Waals surface area contributed by atoms with Crippen LogP contribution in [0.5, 0.6) is 0 Å². The van der Waals surface area contributed by atoms with Crippen LogP contribution in [-0.4, -0.2) is 37.2 Å². The number of Topliss-reactive ketones (excluding diaryl/α,β-unsaturated/α-hetero) is 1. The van der Waals surface area contributed by atoms with Crippen LogP contribution in [0.25, 0.3) is 11.4 Å². The maximum Gasteiger partial charge on any atom is 0.231 e. The van der Waals surface area contributed by atoms with Gasteiger partial charge in [-0.25, -0.2) is 4.57 Å². The van der Waals surface area contributed by atoms with Crippen molar-refractivity contribution in [3.05, 3.63) is 24.5 Å². The molecule has 19 heavy (non-hydrogen) atoms. The lowest BCUT2D eigenvalue weighted by molar-refractivity contribution is -0.114. The van der Waals surface area contributed by atoms with Gasteiger partial charge in [0.05, 0.1) is 5.75 Å². The monoisotopic (exact) mass is 276 g/mol. The molecule has 6 nitrogen and oxygen atoms in total. The summed E-state index contributed by atoms with van der Waals surface area (Å²) in [5.41, 5.74) is 0.708. The molecule has 0 N–H and O–H groups in total. The molecule has 0 bridgehead atoms. The molecular formula is C12H12N4O2S. The molecule has 0 aliphatic carbocycles. The number of ketones is 1. The molecule has 0 atom stereocenters. The standard InChI is InChI=1S/C12H12N4O2S/c1-8(17)7-19-12-15-14-11(16(12)9(2)18)10-4-3-5-13-6-10/h3-6H,7H2,1-2H3. The van der Waals surface area contributed by atoms with Gasteiger partial charge in [-0.1, -0.05) is 11.8 Å². The summed E-state index contributed by atoms with van der Waals surface area (Å²) in [6.07, 6.45) is 3.26. The summed E-state index contributed by atoms with van der Waals surface area (Å²) in [6, 6.07) is 3.56. The molecule has 7 heteroatoms. The lowest BCUT2D eigenvalue weighted by Gasteiger charge is -2.04. The van der Waals surface area contributed by atoms with Crippen molar-refractivity contribution in [1.82, 2.24) is 19.7 Å². The van der Waals surface area contributed by atoms with E-state index in [4.69, 9.17) is 0 Å². The average Bonchev–Trinajstić information content (AvgIpc) is 2.81. The fraction of sp³-hybridized carbons (Fsp3) is 0.250. The summed E-state index contributed by atoms with van der Waals surface area (Å²) < 4.78 is 1.39. The highest BCUT2D eigenvalue weighted by molar-refractivity contribution is 7.99. The van der Waals surface area contributed by atoms with Gasteiger partial charge in [0.15, 0.2) is 11.0 Å². The van der Waals surface area contributed by atoms with Gasteiger partial charge in [-0.2, -0.15) is 0 Å². The first-order valence-corrected chi connectivity index (χ1v) is 6.57. The van der Waals surface area contributed by atoms with Crippen molar-refractivity contribution in [3.8, 4) is 11.4 Å². The van der Waals surface area contributed by atoms with Crippen LogP contribution in [0, 0.1) is 0 Å². The summed E-state index contributed by atoms with van der Waals surface area (Å²) >= 11 is 1.20. The van der Waals surface area contributed by atoms with Gasteiger partial charge >= 0.3 is 0 Å². The van der Waals surface area contributed by atoms with E-state index in [1.807, 2.05) is 0 Å². The molecule has 0 saturated carbocycles. The number of pyridine rings is 1. The van der Waals surface area contributed by atoms with Crippen molar-refractivity contribution in [1.29, 1.82) is 0 Å². The predicted octanol–water partition coefficient (Wildman–Crippen LogP) is 1.68. The minimum Gasteiger partial charge on any atom is -0.299 e. The van der Waals surface area contributed by atoms with Crippen LogP contribution in [-0.2, 0) is 4.79 Å². The zero-order valence-corrected chi connectivity index (χ0v) is 11.3. The van der Waals surface area contributed by atoms with Gasteiger partial charge in [0.2, 0.25) is 5.91 Å². The van der Waals surface area contributed by atoms with Crippen LogP contribution in [0.3, 0.4) is 0 Å². The molecule has 0 aliphatic heterocycles. The highest BCUT2D eigenvalue weighted by atomic mass is 32.2. The van der Waals surface area contributed by atoms with Gasteiger partial charge < -0.3 is 0 Å². The molecule has 0 aliphatic rings. The second-order valence-corrected chi connectivity index (χ2v) is 4.84. The molecule has 0 radical (unpaired) electrons. The molecular weight excluding hydrogens is 264 g/mol. The van der Waals surface area contributed by atoms with E-state index in [1.54, 1.807) is 24.5 Å². The van der Waals surface area contributed by atoms with Gasteiger partial charge in [0.1, 0.15) is 5.78 Å². The molecule has 2 aromatic heterocycles. The Hall–Kier alpha value is -2.02. The molecule has 0 unspecified atom stereocenters. The maximum absolute atomic E-state index is 11.7. The Kier molecular flexibility index (Phi) is 4.06. The van der Waals surface area contributed by atoms with Gasteiger partial charge in [-0.15, -0.1) is 10.2 Å². The van der Waals surface area contributed by atoms with Crippen molar-refractivity contribution >= 4 is 23.5 Å². The second-order valence-electron chi connectivity index (χ2n) is 3.89. The number of aromatic nitrogens is 4. The Bertz CT molecular complexity index is 609. The lowest BCUT2D eigenvalue weighted by atomic mass is 10.3. The van der Waals surface area contributed by atoms with Crippen LogP contribution in [0.2, 0.25) is 0 Å². The SMILES string of the molecule is CC(=O)CSc1nnc(-c2cccnc2)n1C(C)=O. The summed E-state index contributed by atoms with van der Waals surface area (Å²) in [5, 5.41) is 8.38. The minimum absolute atomic E-state index is 0.0195. The van der Waals surface area contributed by atoms with Crippen LogP contribution in [0.1, 0.15) is 18.6 Å². The van der Waals surface area contributed by atoms with E-state index in [0.717, 1.165) is 0 Å². The fourth-order valence-corrected chi connectivity index (χ4v) is 2.27. The number of thioether (sulfide) groups is 1. The number of hydrogen-bond donors (Lipinski definition) is 0. The summed E-state index contributed by atoms with van der Waals surface area (Å²) in [5.74, 6) is 0.519. The Labute approximate surface area is 114 Å². The summed E-state index contributed by atoms with van der Waals surface area (Å²) in [6.45, 7) is 2.92. The third-order valence-electron chi connectivity index (χ3n) is 2.27. The average molecular weight is 276 g/mol. The highest BCUT2D eigenvalue weighted by Crippen LogP contribution is 2.23. The molecule has 2 rings (SSSR count). The normalized spacial score (nSPS) is 10.4. The molecule has 2 heterocycles. The van der Waals surface area contributed by atoms with E-state index < -0.39 is 0 Å². The van der Waals surface area contributed by atoms with Crippen molar-refractivity contribution in [2.75, 3.05) is 5.75 Å². The number of hydrogen-bond acceptors (Lipinski definition) is 6. The molecule has 0 amide bonds. The summed E-state index contributed by atoms with van der Waals surface area (Å²) in [4.78, 5) is 26.7. The van der Waals surface area contributed by atoms with Crippen molar-refractivity contribution in [2.45, 2.75) is 19.0 Å². The molecule has 2 aromatic rings. The Morgan fingerprint density at radius 2 is 2.11 bits per heavy atom. The van der Waals surface area contributed by atoms with Crippen molar-refractivity contribution in [3.63, 3.8) is 0 Å². The van der Waals surface area contributed by atoms with E-state index >= 15 is 0 Å². The van der Waals surface area contributed by atoms with Gasteiger partial charge in [0.25, 0.3) is 0 Å². The zero-order valence-electron chi connectivity index (χ0n) is 10.5. The fourth-order valence-electron chi connectivity index (χ4n) is 1.50. The third kappa shape index (κ3) is 3.05. The lowest BCUT2D eigenvalue weighted by Crippen LogP contribution is -2.10. The van der Waals surface area contributed by atoms with Crippen LogP contribution in [0.15, 0.2) is 29.7 Å². The first kappa shape index (κ1) is 13.4. The van der Waals surface area contributed by atoms with Gasteiger partial charge in [-0.05, 0) is 19.1 Å². The zero-order chi connectivity index (χ0) is 13.8. The first-order valence-electron chi connectivity index (χ1n) is 5.58. The Morgan fingerprint density at radius 3 is 2.68 bits per heavy atom. The molecule has 0 saturated heterocycles. The number of carbonyl (C=O) groups excluding carboxylic acids is 2. The van der Waals surface area contributed by atoms with E-state index in [9.17, 15) is 9.59 Å². The number of nitrogens with zero attached hydrogens (tertiary/aromatic N) is 4. The Morgan fingerprint density at radius 1 is 1.32 bits per heavy atom.